The van der Waals surface area contributed by atoms with E-state index in [0.29, 0.717) is 5.69 Å². The van der Waals surface area contributed by atoms with Crippen LogP contribution in [0.3, 0.4) is 0 Å². The van der Waals surface area contributed by atoms with Crippen LogP contribution in [0.2, 0.25) is 0 Å². The smallest absolute Gasteiger partial charge is 0.228 e. The number of carbonyl (C=O) groups is 2. The first-order chi connectivity index (χ1) is 9.47. The van der Waals surface area contributed by atoms with Gasteiger partial charge in [-0.2, -0.15) is 0 Å². The van der Waals surface area contributed by atoms with Gasteiger partial charge in [0.05, 0.1) is 5.92 Å². The van der Waals surface area contributed by atoms with E-state index in [1.54, 1.807) is 38.1 Å². The largest absolute Gasteiger partial charge is 0.327 e. The SMILES string of the molecule is CC(N)C(C)C(=O)Nc1ccc(NC(=O)C2CC2)cc1. The molecule has 0 spiro atoms. The maximum Gasteiger partial charge on any atom is 0.228 e. The zero-order valence-corrected chi connectivity index (χ0v) is 11.8. The van der Waals surface area contributed by atoms with E-state index in [0.717, 1.165) is 18.5 Å². The topological polar surface area (TPSA) is 84.2 Å². The number of nitrogens with one attached hydrogen (secondary N) is 2. The van der Waals surface area contributed by atoms with Crippen LogP contribution in [-0.4, -0.2) is 17.9 Å². The second-order valence-electron chi connectivity index (χ2n) is 5.48. The van der Waals surface area contributed by atoms with Crippen LogP contribution >= 0.6 is 0 Å². The lowest BCUT2D eigenvalue weighted by Crippen LogP contribution is -2.34. The highest BCUT2D eigenvalue weighted by atomic mass is 16.2. The number of carbonyl (C=O) groups excluding carboxylic acids is 2. The van der Waals surface area contributed by atoms with Gasteiger partial charge in [-0.15, -0.1) is 0 Å². The van der Waals surface area contributed by atoms with E-state index in [1.807, 2.05) is 0 Å². The highest BCUT2D eigenvalue weighted by Gasteiger charge is 2.29. The molecule has 2 atom stereocenters. The Hall–Kier alpha value is -1.88. The van der Waals surface area contributed by atoms with Crippen LogP contribution in [0.15, 0.2) is 24.3 Å². The van der Waals surface area contributed by atoms with E-state index in [2.05, 4.69) is 10.6 Å². The molecule has 108 valence electrons. The van der Waals surface area contributed by atoms with E-state index in [1.165, 1.54) is 0 Å². The van der Waals surface area contributed by atoms with Crippen LogP contribution in [0.4, 0.5) is 11.4 Å². The van der Waals surface area contributed by atoms with Crippen LogP contribution in [0.5, 0.6) is 0 Å². The van der Waals surface area contributed by atoms with Gasteiger partial charge in [-0.25, -0.2) is 0 Å². The normalized spacial score (nSPS) is 17.1. The molecular weight excluding hydrogens is 254 g/mol. The molecule has 0 heterocycles. The van der Waals surface area contributed by atoms with Crippen molar-refractivity contribution in [1.29, 1.82) is 0 Å². The summed E-state index contributed by atoms with van der Waals surface area (Å²) in [4.78, 5) is 23.5. The van der Waals surface area contributed by atoms with E-state index in [-0.39, 0.29) is 29.7 Å². The minimum Gasteiger partial charge on any atom is -0.327 e. The number of rotatable bonds is 5. The standard InChI is InChI=1S/C15H21N3O2/c1-9(10(2)16)14(19)17-12-5-7-13(8-6-12)18-15(20)11-3-4-11/h5-11H,3-4,16H2,1-2H3,(H,17,19)(H,18,20). The number of amides is 2. The maximum absolute atomic E-state index is 11.9. The zero-order valence-electron chi connectivity index (χ0n) is 11.8. The molecule has 1 fully saturated rings. The lowest BCUT2D eigenvalue weighted by atomic mass is 10.0. The van der Waals surface area contributed by atoms with Crippen molar-refractivity contribution >= 4 is 23.2 Å². The number of anilines is 2. The molecule has 1 aromatic rings. The lowest BCUT2D eigenvalue weighted by Gasteiger charge is -2.15. The van der Waals surface area contributed by atoms with Gasteiger partial charge in [0.1, 0.15) is 0 Å². The van der Waals surface area contributed by atoms with E-state index < -0.39 is 0 Å². The highest BCUT2D eigenvalue weighted by molar-refractivity contribution is 5.95. The Morgan fingerprint density at radius 1 is 1.10 bits per heavy atom. The van der Waals surface area contributed by atoms with Gasteiger partial charge in [0.2, 0.25) is 11.8 Å². The predicted molar refractivity (Wildman–Crippen MR) is 79.2 cm³/mol. The van der Waals surface area contributed by atoms with E-state index in [4.69, 9.17) is 5.73 Å². The summed E-state index contributed by atoms with van der Waals surface area (Å²) >= 11 is 0. The molecule has 2 unspecified atom stereocenters. The highest BCUT2D eigenvalue weighted by Crippen LogP contribution is 2.30. The van der Waals surface area contributed by atoms with Gasteiger partial charge >= 0.3 is 0 Å². The summed E-state index contributed by atoms with van der Waals surface area (Å²) in [5, 5.41) is 5.66. The molecule has 0 radical (unpaired) electrons. The van der Waals surface area contributed by atoms with Crippen LogP contribution in [-0.2, 0) is 9.59 Å². The van der Waals surface area contributed by atoms with Crippen molar-refractivity contribution in [1.82, 2.24) is 0 Å². The Morgan fingerprint density at radius 2 is 1.60 bits per heavy atom. The molecule has 4 N–H and O–H groups in total. The number of benzene rings is 1. The van der Waals surface area contributed by atoms with Gasteiger partial charge in [0.15, 0.2) is 0 Å². The summed E-state index contributed by atoms with van der Waals surface area (Å²) in [6.07, 6.45) is 1.96. The molecule has 0 saturated heterocycles. The molecule has 1 aromatic carbocycles. The zero-order chi connectivity index (χ0) is 14.7. The maximum atomic E-state index is 11.9. The average molecular weight is 275 g/mol. The lowest BCUT2D eigenvalue weighted by molar-refractivity contribution is -0.120. The van der Waals surface area contributed by atoms with Gasteiger partial charge in [0.25, 0.3) is 0 Å². The minimum atomic E-state index is -0.246. The first kappa shape index (κ1) is 14.5. The number of hydrogen-bond donors (Lipinski definition) is 3. The van der Waals surface area contributed by atoms with Crippen molar-refractivity contribution < 1.29 is 9.59 Å². The van der Waals surface area contributed by atoms with Crippen molar-refractivity contribution in [2.24, 2.45) is 17.6 Å². The molecule has 0 aliphatic heterocycles. The molecule has 1 saturated carbocycles. The summed E-state index contributed by atoms with van der Waals surface area (Å²) in [6.45, 7) is 3.60. The average Bonchev–Trinajstić information content (AvgIpc) is 3.24. The fourth-order valence-electron chi connectivity index (χ4n) is 1.72. The van der Waals surface area contributed by atoms with Gasteiger partial charge in [-0.05, 0) is 44.0 Å². The third-order valence-electron chi connectivity index (χ3n) is 3.57. The Labute approximate surface area is 118 Å². The van der Waals surface area contributed by atoms with Gasteiger partial charge in [-0.3, -0.25) is 9.59 Å². The van der Waals surface area contributed by atoms with Crippen LogP contribution in [0, 0.1) is 11.8 Å². The van der Waals surface area contributed by atoms with Crippen LogP contribution < -0.4 is 16.4 Å². The Balaban J connectivity index is 1.90. The van der Waals surface area contributed by atoms with Crippen molar-refractivity contribution in [2.45, 2.75) is 32.7 Å². The summed E-state index contributed by atoms with van der Waals surface area (Å²) in [6, 6.07) is 6.92. The molecule has 2 rings (SSSR count). The van der Waals surface area contributed by atoms with Gasteiger partial charge < -0.3 is 16.4 Å². The summed E-state index contributed by atoms with van der Waals surface area (Å²) in [7, 11) is 0. The number of hydrogen-bond acceptors (Lipinski definition) is 3. The third kappa shape index (κ3) is 3.81. The van der Waals surface area contributed by atoms with Crippen LogP contribution in [0.1, 0.15) is 26.7 Å². The van der Waals surface area contributed by atoms with Gasteiger partial charge in [0, 0.05) is 23.3 Å². The molecule has 0 aromatic heterocycles. The fraction of sp³-hybridized carbons (Fsp3) is 0.467. The van der Waals surface area contributed by atoms with E-state index in [9.17, 15) is 9.59 Å². The Kier molecular flexibility index (Phi) is 4.39. The van der Waals surface area contributed by atoms with Crippen molar-refractivity contribution in [2.75, 3.05) is 10.6 Å². The quantitative estimate of drug-likeness (QED) is 0.768. The summed E-state index contributed by atoms with van der Waals surface area (Å²) in [5.41, 5.74) is 7.15. The number of nitrogens with two attached hydrogens (primary N) is 1. The third-order valence-corrected chi connectivity index (χ3v) is 3.57. The molecule has 5 nitrogen and oxygen atoms in total. The molecule has 20 heavy (non-hydrogen) atoms. The molecule has 2 amide bonds. The van der Waals surface area contributed by atoms with Crippen LogP contribution in [0.25, 0.3) is 0 Å². The monoisotopic (exact) mass is 275 g/mol. The van der Waals surface area contributed by atoms with Crippen molar-refractivity contribution in [3.05, 3.63) is 24.3 Å². The molecule has 5 heteroatoms. The Morgan fingerprint density at radius 3 is 2.05 bits per heavy atom. The molecular formula is C15H21N3O2. The first-order valence-electron chi connectivity index (χ1n) is 6.94. The predicted octanol–water partition coefficient (Wildman–Crippen LogP) is 1.96. The molecule has 0 bridgehead atoms. The first-order valence-corrected chi connectivity index (χ1v) is 6.94. The minimum absolute atomic E-state index is 0.0763. The fourth-order valence-corrected chi connectivity index (χ4v) is 1.72. The molecule has 1 aliphatic carbocycles. The van der Waals surface area contributed by atoms with Crippen molar-refractivity contribution in [3.63, 3.8) is 0 Å². The van der Waals surface area contributed by atoms with E-state index >= 15 is 0 Å². The second kappa shape index (κ2) is 6.05. The molecule has 1 aliphatic rings. The van der Waals surface area contributed by atoms with Crippen molar-refractivity contribution in [3.8, 4) is 0 Å². The van der Waals surface area contributed by atoms with Gasteiger partial charge in [-0.1, -0.05) is 6.92 Å². The Bertz CT molecular complexity index is 492. The second-order valence-corrected chi connectivity index (χ2v) is 5.48. The summed E-state index contributed by atoms with van der Waals surface area (Å²) in [5.74, 6) is -0.0901. The summed E-state index contributed by atoms with van der Waals surface area (Å²) < 4.78 is 0.